The number of nitrogens with zero attached hydrogens (tertiary/aromatic N) is 3. The molecule has 3 rings (SSSR count). The summed E-state index contributed by atoms with van der Waals surface area (Å²) in [6.07, 6.45) is 6.03. The van der Waals surface area contributed by atoms with Gasteiger partial charge in [0.1, 0.15) is 35.6 Å². The molecule has 2 unspecified atom stereocenters. The predicted octanol–water partition coefficient (Wildman–Crippen LogP) is -0.156. The van der Waals surface area contributed by atoms with Crippen LogP contribution in [0.2, 0.25) is 13.6 Å². The van der Waals surface area contributed by atoms with Crippen LogP contribution in [0.3, 0.4) is 0 Å². The van der Waals surface area contributed by atoms with Gasteiger partial charge in [0, 0.05) is 8.87 Å². The van der Waals surface area contributed by atoms with Gasteiger partial charge < -0.3 is 29.5 Å². The quantitative estimate of drug-likeness (QED) is 0.546. The van der Waals surface area contributed by atoms with Crippen LogP contribution in [-0.2, 0) is 14.0 Å². The van der Waals surface area contributed by atoms with E-state index in [1.807, 2.05) is 0 Å². The average Bonchev–Trinajstić information content (AvgIpc) is 3.09. The number of fused-ring (bicyclic) bond motifs is 1. The molecule has 1 aliphatic rings. The second-order valence-corrected chi connectivity index (χ2v) is 6.17. The number of hydrogen-bond acceptors (Lipinski definition) is 7. The lowest BCUT2D eigenvalue weighted by Crippen LogP contribution is -2.46. The van der Waals surface area contributed by atoms with Gasteiger partial charge in [-0.05, 0) is 6.92 Å². The van der Waals surface area contributed by atoms with Crippen molar-refractivity contribution in [2.24, 2.45) is 0 Å². The molecular formula is C16H22B2N4O4. The van der Waals surface area contributed by atoms with Crippen molar-refractivity contribution in [1.29, 1.82) is 2.67 Å². The highest BCUT2D eigenvalue weighted by Gasteiger charge is 2.54. The zero-order valence-corrected chi connectivity index (χ0v) is 14.9. The molecule has 0 spiro atoms. The van der Waals surface area contributed by atoms with Crippen molar-refractivity contribution < 1.29 is 19.2 Å². The van der Waals surface area contributed by atoms with Crippen molar-refractivity contribution in [3.63, 3.8) is 0 Å². The summed E-state index contributed by atoms with van der Waals surface area (Å²) in [6.45, 7) is 4.70. The minimum Gasteiger partial charge on any atom is -0.437 e. The Balaban J connectivity index is 2.05. The van der Waals surface area contributed by atoms with E-state index >= 15 is 0 Å². The molecule has 0 bridgehead atoms. The molecule has 0 saturated carbocycles. The largest absolute Gasteiger partial charge is 0.437 e. The summed E-state index contributed by atoms with van der Waals surface area (Å²) >= 11 is 0. The van der Waals surface area contributed by atoms with E-state index in [-0.39, 0.29) is 12.4 Å². The third kappa shape index (κ3) is 2.97. The minimum atomic E-state index is -1.54. The van der Waals surface area contributed by atoms with Gasteiger partial charge >= 0.3 is 0 Å². The van der Waals surface area contributed by atoms with E-state index in [9.17, 15) is 5.11 Å². The molecule has 0 radical (unpaired) electrons. The van der Waals surface area contributed by atoms with Crippen molar-refractivity contribution >= 4 is 31.7 Å². The first kappa shape index (κ1) is 16.1. The van der Waals surface area contributed by atoms with Gasteiger partial charge in [0.15, 0.2) is 6.23 Å². The Morgan fingerprint density at radius 2 is 2.31 bits per heavy atom. The van der Waals surface area contributed by atoms with Gasteiger partial charge in [-0.15, -0.1) is 6.42 Å². The van der Waals surface area contributed by atoms with Crippen LogP contribution in [0.1, 0.15) is 18.7 Å². The van der Waals surface area contributed by atoms with Crippen molar-refractivity contribution in [2.45, 2.75) is 44.6 Å². The first-order valence-electron chi connectivity index (χ1n) is 9.39. The van der Waals surface area contributed by atoms with Crippen LogP contribution in [0.25, 0.3) is 11.0 Å². The maximum absolute atomic E-state index is 11.3. The highest BCUT2D eigenvalue weighted by atomic mass is 16.6. The summed E-state index contributed by atoms with van der Waals surface area (Å²) < 4.78 is 33.9. The number of aromatic nitrogens is 3. The molecule has 0 aromatic carbocycles. The zero-order chi connectivity index (χ0) is 20.6. The summed E-state index contributed by atoms with van der Waals surface area (Å²) in [6, 6.07) is 0. The summed E-state index contributed by atoms with van der Waals surface area (Å²) in [4.78, 5) is 8.23. The monoisotopic (exact) mass is 358 g/mol. The third-order valence-electron chi connectivity index (χ3n) is 4.47. The molecule has 1 saturated heterocycles. The van der Waals surface area contributed by atoms with Crippen molar-refractivity contribution in [3.05, 3.63) is 18.1 Å². The molecule has 2 aromatic rings. The molecule has 26 heavy (non-hydrogen) atoms. The van der Waals surface area contributed by atoms with Gasteiger partial charge in [-0.25, -0.2) is 9.97 Å². The highest BCUT2D eigenvalue weighted by Crippen LogP contribution is 2.42. The summed E-state index contributed by atoms with van der Waals surface area (Å²) in [5, 5.41) is 11.8. The normalized spacial score (nSPS) is 29.3. The molecular weight excluding hydrogens is 334 g/mol. The lowest BCUT2D eigenvalue weighted by molar-refractivity contribution is -0.0915. The molecule has 136 valence electrons. The van der Waals surface area contributed by atoms with Gasteiger partial charge in [-0.2, -0.15) is 0 Å². The van der Waals surface area contributed by atoms with Gasteiger partial charge in [0.2, 0.25) is 0 Å². The van der Waals surface area contributed by atoms with E-state index in [0.29, 0.717) is 16.6 Å². The minimum absolute atomic E-state index is 0.0209. The van der Waals surface area contributed by atoms with E-state index in [1.54, 1.807) is 31.3 Å². The Morgan fingerprint density at radius 1 is 1.54 bits per heavy atom. The Morgan fingerprint density at radius 3 is 2.96 bits per heavy atom. The van der Waals surface area contributed by atoms with Gasteiger partial charge in [0.25, 0.3) is 14.9 Å². The average molecular weight is 358 g/mol. The summed E-state index contributed by atoms with van der Waals surface area (Å²) in [5.41, 5.74) is 5.31. The molecule has 3 heterocycles. The highest BCUT2D eigenvalue weighted by molar-refractivity contribution is 6.25. The second-order valence-electron chi connectivity index (χ2n) is 6.17. The lowest BCUT2D eigenvalue weighted by atomic mass is 9.93. The third-order valence-corrected chi connectivity index (χ3v) is 4.47. The zero-order valence-electron chi connectivity index (χ0n) is 16.9. The first-order chi connectivity index (χ1) is 13.2. The first-order valence-corrected chi connectivity index (χ1v) is 8.23. The SMILES string of the molecule is [2H]B(C)OC[C@H]1OC(n2cc(C#C)c3c(N)ncnc32)C(C)(O)[C@@H]1OB([2H])C. The molecule has 1 aliphatic heterocycles. The number of hydrogen-bond donors (Lipinski definition) is 2. The van der Waals surface area contributed by atoms with E-state index in [0.717, 1.165) is 0 Å². The number of aliphatic hydroxyl groups is 1. The van der Waals surface area contributed by atoms with Crippen LogP contribution in [0, 0.1) is 12.3 Å². The van der Waals surface area contributed by atoms with Crippen molar-refractivity contribution in [1.82, 2.24) is 14.5 Å². The standard InChI is InChI=1S/C16H22B2N4O4/c1-5-9-6-22(14-11(9)13(19)20-8-21-14)15-16(2,23)12(26-18-4)10(25-15)7-24-17-3/h1,6,8,10,12,15,17-18,23H,7H2,2-4H3,(H2,19,20,21)/t10-,12-,15?,16?/m1/s1/i17D,18D. The van der Waals surface area contributed by atoms with Gasteiger partial charge in [-0.3, -0.25) is 0 Å². The van der Waals surface area contributed by atoms with Crippen LogP contribution in [0.4, 0.5) is 5.82 Å². The number of anilines is 1. The smallest absolute Gasteiger partial charge is 0.272 e. The lowest BCUT2D eigenvalue weighted by Gasteiger charge is -2.30. The Labute approximate surface area is 156 Å². The van der Waals surface area contributed by atoms with Crippen LogP contribution >= 0.6 is 0 Å². The van der Waals surface area contributed by atoms with Crippen LogP contribution < -0.4 is 5.73 Å². The summed E-state index contributed by atoms with van der Waals surface area (Å²) in [5.74, 6) is 2.77. The Bertz CT molecular complexity index is 903. The Hall–Kier alpha value is -2.05. The second kappa shape index (κ2) is 7.29. The number of rotatable bonds is 6. The fourth-order valence-electron chi connectivity index (χ4n) is 3.33. The van der Waals surface area contributed by atoms with E-state index < -0.39 is 38.9 Å². The maximum Gasteiger partial charge on any atom is 0.272 e. The number of terminal acetylenes is 1. The molecule has 4 atom stereocenters. The predicted molar refractivity (Wildman–Crippen MR) is 101 cm³/mol. The van der Waals surface area contributed by atoms with Crippen LogP contribution in [0.5, 0.6) is 0 Å². The van der Waals surface area contributed by atoms with E-state index in [1.165, 1.54) is 6.33 Å². The van der Waals surface area contributed by atoms with Crippen LogP contribution in [-0.4, -0.2) is 61.6 Å². The number of nitrogens with two attached hydrogens (primary N) is 1. The molecule has 3 N–H and O–H groups in total. The van der Waals surface area contributed by atoms with Crippen molar-refractivity contribution in [2.75, 3.05) is 12.3 Å². The summed E-state index contributed by atoms with van der Waals surface area (Å²) in [7, 11) is -1.66. The topological polar surface area (TPSA) is 105 Å². The molecule has 2 aromatic heterocycles. The van der Waals surface area contributed by atoms with E-state index in [4.69, 9.17) is 28.9 Å². The van der Waals surface area contributed by atoms with E-state index in [2.05, 4.69) is 15.9 Å². The molecule has 0 amide bonds. The van der Waals surface area contributed by atoms with Crippen molar-refractivity contribution in [3.8, 4) is 12.3 Å². The molecule has 1 fully saturated rings. The number of ether oxygens (including phenoxy) is 1. The fourth-order valence-corrected chi connectivity index (χ4v) is 3.33. The number of nitrogen functional groups attached to an aromatic ring is 1. The molecule has 8 nitrogen and oxygen atoms in total. The molecule has 0 aliphatic carbocycles. The van der Waals surface area contributed by atoms with Gasteiger partial charge in [0.05, 0.1) is 17.6 Å². The molecule has 10 heteroatoms. The van der Waals surface area contributed by atoms with Crippen LogP contribution in [0.15, 0.2) is 12.5 Å². The van der Waals surface area contributed by atoms with Gasteiger partial charge in [-0.1, -0.05) is 19.6 Å². The maximum atomic E-state index is 11.3. The Kier molecular flexibility index (Phi) is 4.53. The fraction of sp³-hybridized carbons (Fsp3) is 0.500.